The molecule has 3 rings (SSSR count). The molecule has 0 spiro atoms. The Kier molecular flexibility index (Phi) is 5.41. The number of amides is 1. The van der Waals surface area contributed by atoms with Crippen molar-refractivity contribution >= 4 is 17.4 Å². The maximum Gasteiger partial charge on any atom is 0.239 e. The number of nitrogens with zero attached hydrogens (tertiary/aromatic N) is 4. The van der Waals surface area contributed by atoms with E-state index in [1.54, 1.807) is 16.8 Å². The van der Waals surface area contributed by atoms with Crippen molar-refractivity contribution in [2.24, 2.45) is 7.05 Å². The number of hydrogen-bond donors (Lipinski definition) is 2. The highest BCUT2D eigenvalue weighted by molar-refractivity contribution is 5.91. The van der Waals surface area contributed by atoms with Crippen LogP contribution in [0.3, 0.4) is 0 Å². The third kappa shape index (κ3) is 4.80. The van der Waals surface area contributed by atoms with Crippen molar-refractivity contribution in [1.82, 2.24) is 14.7 Å². The second kappa shape index (κ2) is 7.60. The first kappa shape index (κ1) is 19.2. The van der Waals surface area contributed by atoms with Gasteiger partial charge in [0.05, 0.1) is 12.2 Å². The number of carbonyl (C=O) groups is 1. The van der Waals surface area contributed by atoms with Gasteiger partial charge in [0.25, 0.3) is 0 Å². The summed E-state index contributed by atoms with van der Waals surface area (Å²) in [7, 11) is 1.85. The average Bonchev–Trinajstić information content (AvgIpc) is 2.97. The number of phenolic OH excluding ortho intramolecular Hbond substituents is 1. The molecule has 7 nitrogen and oxygen atoms in total. The predicted molar refractivity (Wildman–Crippen MR) is 107 cm³/mol. The Bertz CT molecular complexity index is 784. The summed E-state index contributed by atoms with van der Waals surface area (Å²) in [6.07, 6.45) is 0. The normalized spacial score (nSPS) is 15.8. The minimum atomic E-state index is -0.0503. The molecule has 1 aromatic carbocycles. The molecule has 0 aliphatic carbocycles. The second-order valence-corrected chi connectivity index (χ2v) is 8.12. The van der Waals surface area contributed by atoms with Crippen molar-refractivity contribution in [1.29, 1.82) is 0 Å². The third-order valence-electron chi connectivity index (χ3n) is 4.87. The lowest BCUT2D eigenvalue weighted by atomic mass is 9.92. The van der Waals surface area contributed by atoms with Gasteiger partial charge in [-0.25, -0.2) is 0 Å². The van der Waals surface area contributed by atoms with Crippen LogP contribution in [0.15, 0.2) is 30.3 Å². The number of anilines is 2. The monoisotopic (exact) mass is 371 g/mol. The molecular weight excluding hydrogens is 342 g/mol. The Morgan fingerprint density at radius 1 is 1.15 bits per heavy atom. The Morgan fingerprint density at radius 3 is 2.33 bits per heavy atom. The standard InChI is InChI=1S/C20H29N5O2/c1-20(2,3)17-13-18(23(4)22-17)21-19(27)14-24-9-11-25(12-10-24)15-5-7-16(26)8-6-15/h5-8,13,26H,9-12,14H2,1-4H3,(H,21,27). The molecule has 0 unspecified atom stereocenters. The van der Waals surface area contributed by atoms with Crippen molar-refractivity contribution < 1.29 is 9.90 Å². The molecule has 1 aromatic heterocycles. The molecule has 0 bridgehead atoms. The highest BCUT2D eigenvalue weighted by Gasteiger charge is 2.22. The van der Waals surface area contributed by atoms with Crippen LogP contribution < -0.4 is 10.2 Å². The minimum absolute atomic E-state index is 0.0171. The van der Waals surface area contributed by atoms with E-state index in [-0.39, 0.29) is 17.1 Å². The van der Waals surface area contributed by atoms with E-state index in [1.165, 1.54) is 0 Å². The fourth-order valence-electron chi connectivity index (χ4n) is 3.16. The van der Waals surface area contributed by atoms with Crippen molar-refractivity contribution in [3.05, 3.63) is 36.0 Å². The van der Waals surface area contributed by atoms with E-state index in [4.69, 9.17) is 0 Å². The van der Waals surface area contributed by atoms with Crippen LogP contribution in [0.4, 0.5) is 11.5 Å². The SMILES string of the molecule is Cn1nc(C(C)(C)C)cc1NC(=O)CN1CCN(c2ccc(O)cc2)CC1. The van der Waals surface area contributed by atoms with Crippen LogP contribution in [-0.2, 0) is 17.3 Å². The highest BCUT2D eigenvalue weighted by atomic mass is 16.3. The minimum Gasteiger partial charge on any atom is -0.508 e. The fraction of sp³-hybridized carbons (Fsp3) is 0.500. The molecule has 1 fully saturated rings. The van der Waals surface area contributed by atoms with Gasteiger partial charge in [0.2, 0.25) is 5.91 Å². The van der Waals surface area contributed by atoms with Gasteiger partial charge in [-0.15, -0.1) is 0 Å². The first-order chi connectivity index (χ1) is 12.7. The van der Waals surface area contributed by atoms with E-state index in [0.29, 0.717) is 6.54 Å². The molecular formula is C20H29N5O2. The number of rotatable bonds is 4. The Balaban J connectivity index is 1.51. The van der Waals surface area contributed by atoms with Gasteiger partial charge in [0.1, 0.15) is 11.6 Å². The van der Waals surface area contributed by atoms with Crippen LogP contribution in [0.5, 0.6) is 5.75 Å². The van der Waals surface area contributed by atoms with E-state index in [0.717, 1.165) is 43.4 Å². The van der Waals surface area contributed by atoms with Gasteiger partial charge < -0.3 is 15.3 Å². The zero-order chi connectivity index (χ0) is 19.6. The number of benzene rings is 1. The zero-order valence-electron chi connectivity index (χ0n) is 16.6. The molecule has 27 heavy (non-hydrogen) atoms. The third-order valence-corrected chi connectivity index (χ3v) is 4.87. The Hall–Kier alpha value is -2.54. The maximum absolute atomic E-state index is 12.4. The number of nitrogens with one attached hydrogen (secondary N) is 1. The molecule has 7 heteroatoms. The summed E-state index contributed by atoms with van der Waals surface area (Å²) in [6, 6.07) is 9.20. The Morgan fingerprint density at radius 2 is 1.78 bits per heavy atom. The van der Waals surface area contributed by atoms with Crippen LogP contribution in [0.2, 0.25) is 0 Å². The second-order valence-electron chi connectivity index (χ2n) is 8.12. The molecule has 2 N–H and O–H groups in total. The van der Waals surface area contributed by atoms with Crippen molar-refractivity contribution in [3.63, 3.8) is 0 Å². The smallest absolute Gasteiger partial charge is 0.239 e. The highest BCUT2D eigenvalue weighted by Crippen LogP contribution is 2.23. The summed E-state index contributed by atoms with van der Waals surface area (Å²) in [5.74, 6) is 0.989. The zero-order valence-corrected chi connectivity index (χ0v) is 16.6. The van der Waals surface area contributed by atoms with Gasteiger partial charge in [-0.3, -0.25) is 14.4 Å². The summed E-state index contributed by atoms with van der Waals surface area (Å²) >= 11 is 0. The number of aryl methyl sites for hydroxylation is 1. The van der Waals surface area contributed by atoms with E-state index >= 15 is 0 Å². The van der Waals surface area contributed by atoms with Gasteiger partial charge in [-0.2, -0.15) is 5.10 Å². The van der Waals surface area contributed by atoms with Gasteiger partial charge in [-0.1, -0.05) is 20.8 Å². The first-order valence-electron chi connectivity index (χ1n) is 9.33. The van der Waals surface area contributed by atoms with Crippen molar-refractivity contribution in [2.75, 3.05) is 42.9 Å². The number of aromatic hydroxyl groups is 1. The molecule has 1 amide bonds. The lowest BCUT2D eigenvalue weighted by molar-refractivity contribution is -0.117. The summed E-state index contributed by atoms with van der Waals surface area (Å²) in [6.45, 7) is 10.1. The largest absolute Gasteiger partial charge is 0.508 e. The quantitative estimate of drug-likeness (QED) is 0.862. The summed E-state index contributed by atoms with van der Waals surface area (Å²) in [5, 5.41) is 16.9. The number of hydrogen-bond acceptors (Lipinski definition) is 5. The van der Waals surface area contributed by atoms with E-state index < -0.39 is 0 Å². The molecule has 2 heterocycles. The van der Waals surface area contributed by atoms with Gasteiger partial charge >= 0.3 is 0 Å². The number of aromatic nitrogens is 2. The molecule has 146 valence electrons. The maximum atomic E-state index is 12.4. The fourth-order valence-corrected chi connectivity index (χ4v) is 3.16. The summed E-state index contributed by atoms with van der Waals surface area (Å²) in [5.41, 5.74) is 2.01. The predicted octanol–water partition coefficient (Wildman–Crippen LogP) is 2.18. The van der Waals surface area contributed by atoms with Crippen LogP contribution in [0.1, 0.15) is 26.5 Å². The molecule has 2 aromatic rings. The van der Waals surface area contributed by atoms with Gasteiger partial charge in [0, 0.05) is 50.4 Å². The molecule has 0 atom stereocenters. The van der Waals surface area contributed by atoms with E-state index in [2.05, 4.69) is 41.0 Å². The van der Waals surface area contributed by atoms with Gasteiger partial charge in [0.15, 0.2) is 0 Å². The number of phenols is 1. The van der Waals surface area contributed by atoms with Crippen molar-refractivity contribution in [3.8, 4) is 5.75 Å². The topological polar surface area (TPSA) is 73.6 Å². The van der Waals surface area contributed by atoms with Crippen LogP contribution in [0, 0.1) is 0 Å². The van der Waals surface area contributed by atoms with Crippen LogP contribution >= 0.6 is 0 Å². The molecule has 1 saturated heterocycles. The summed E-state index contributed by atoms with van der Waals surface area (Å²) in [4.78, 5) is 16.9. The molecule has 1 aliphatic heterocycles. The lowest BCUT2D eigenvalue weighted by Crippen LogP contribution is -2.48. The van der Waals surface area contributed by atoms with Crippen LogP contribution in [0.25, 0.3) is 0 Å². The molecule has 0 radical (unpaired) electrons. The van der Waals surface area contributed by atoms with E-state index in [1.807, 2.05) is 25.2 Å². The molecule has 0 saturated carbocycles. The first-order valence-corrected chi connectivity index (χ1v) is 9.33. The number of carbonyl (C=O) groups excluding carboxylic acids is 1. The van der Waals surface area contributed by atoms with E-state index in [9.17, 15) is 9.90 Å². The molecule has 1 aliphatic rings. The van der Waals surface area contributed by atoms with Gasteiger partial charge in [-0.05, 0) is 24.3 Å². The summed E-state index contributed by atoms with van der Waals surface area (Å²) < 4.78 is 1.72. The number of piperazine rings is 1. The van der Waals surface area contributed by atoms with Crippen LogP contribution in [-0.4, -0.2) is 58.4 Å². The van der Waals surface area contributed by atoms with Crippen molar-refractivity contribution in [2.45, 2.75) is 26.2 Å². The Labute approximate surface area is 160 Å². The average molecular weight is 371 g/mol. The lowest BCUT2D eigenvalue weighted by Gasteiger charge is -2.35.